The molecule has 0 amide bonds. The third kappa shape index (κ3) is 5.14. The highest BCUT2D eigenvalue weighted by Crippen LogP contribution is 2.18. The molecule has 1 aromatic carbocycles. The molecule has 0 aliphatic rings. The molecular formula is C13H21NO2. The number of hydrogen-bond acceptors (Lipinski definition) is 3. The van der Waals surface area contributed by atoms with Gasteiger partial charge in [0.2, 0.25) is 0 Å². The van der Waals surface area contributed by atoms with E-state index in [-0.39, 0.29) is 12.2 Å². The van der Waals surface area contributed by atoms with Crippen LogP contribution in [0.2, 0.25) is 0 Å². The molecule has 0 saturated heterocycles. The van der Waals surface area contributed by atoms with Crippen LogP contribution < -0.4 is 10.1 Å². The van der Waals surface area contributed by atoms with Crippen LogP contribution in [0.25, 0.3) is 0 Å². The van der Waals surface area contributed by atoms with Crippen LogP contribution in [0.5, 0.6) is 5.75 Å². The van der Waals surface area contributed by atoms with E-state index in [9.17, 15) is 0 Å². The van der Waals surface area contributed by atoms with Crippen molar-refractivity contribution >= 4 is 0 Å². The minimum absolute atomic E-state index is 0.156. The molecule has 1 rings (SSSR count). The molecule has 0 radical (unpaired) electrons. The zero-order valence-corrected chi connectivity index (χ0v) is 10.3. The van der Waals surface area contributed by atoms with E-state index in [0.29, 0.717) is 6.54 Å². The number of aliphatic hydroxyl groups is 1. The fraction of sp³-hybridized carbons (Fsp3) is 0.538. The van der Waals surface area contributed by atoms with E-state index in [4.69, 9.17) is 9.84 Å². The molecule has 0 unspecified atom stereocenters. The van der Waals surface area contributed by atoms with Crippen molar-refractivity contribution in [2.24, 2.45) is 0 Å². The zero-order chi connectivity index (χ0) is 12.0. The van der Waals surface area contributed by atoms with Crippen LogP contribution in [0.4, 0.5) is 0 Å². The smallest absolute Gasteiger partial charge is 0.120 e. The summed E-state index contributed by atoms with van der Waals surface area (Å²) in [5, 5.41) is 11.8. The third-order valence-electron chi connectivity index (χ3n) is 1.97. The quantitative estimate of drug-likeness (QED) is 0.750. The fourth-order valence-corrected chi connectivity index (χ4v) is 1.34. The summed E-state index contributed by atoms with van der Waals surface area (Å²) in [5.41, 5.74) is 1.03. The molecule has 0 atom stereocenters. The van der Waals surface area contributed by atoms with E-state index in [1.165, 1.54) is 5.56 Å². The molecule has 0 saturated carbocycles. The van der Waals surface area contributed by atoms with Gasteiger partial charge in [-0.15, -0.1) is 0 Å². The molecule has 0 aliphatic carbocycles. The minimum atomic E-state index is -0.156. The Morgan fingerprint density at radius 2 is 1.81 bits per heavy atom. The first-order valence-corrected chi connectivity index (χ1v) is 5.61. The van der Waals surface area contributed by atoms with E-state index >= 15 is 0 Å². The monoisotopic (exact) mass is 223 g/mol. The maximum Gasteiger partial charge on any atom is 0.120 e. The van der Waals surface area contributed by atoms with Crippen molar-refractivity contribution in [2.45, 2.75) is 32.9 Å². The molecule has 1 aromatic rings. The topological polar surface area (TPSA) is 41.5 Å². The van der Waals surface area contributed by atoms with Crippen LogP contribution in [-0.2, 0) is 6.54 Å². The largest absolute Gasteiger partial charge is 0.488 e. The summed E-state index contributed by atoms with van der Waals surface area (Å²) in [4.78, 5) is 0. The highest BCUT2D eigenvalue weighted by Gasteiger charge is 2.11. The van der Waals surface area contributed by atoms with Gasteiger partial charge in [0.1, 0.15) is 11.4 Å². The van der Waals surface area contributed by atoms with Crippen LogP contribution in [0.1, 0.15) is 26.3 Å². The third-order valence-corrected chi connectivity index (χ3v) is 1.97. The van der Waals surface area contributed by atoms with Crippen molar-refractivity contribution in [2.75, 3.05) is 13.2 Å². The Balaban J connectivity index is 2.48. The van der Waals surface area contributed by atoms with Gasteiger partial charge in [-0.3, -0.25) is 0 Å². The molecule has 0 heterocycles. The lowest BCUT2D eigenvalue weighted by Gasteiger charge is -2.21. The number of aliphatic hydroxyl groups excluding tert-OH is 1. The highest BCUT2D eigenvalue weighted by atomic mass is 16.5. The molecule has 0 aliphatic heterocycles. The predicted octanol–water partition coefficient (Wildman–Crippen LogP) is 1.95. The Hall–Kier alpha value is -1.06. The van der Waals surface area contributed by atoms with Gasteiger partial charge in [-0.05, 0) is 38.5 Å². The van der Waals surface area contributed by atoms with Crippen LogP contribution in [0.3, 0.4) is 0 Å². The Bertz CT molecular complexity index is 301. The summed E-state index contributed by atoms with van der Waals surface area (Å²) >= 11 is 0. The maximum absolute atomic E-state index is 8.63. The molecule has 3 heteroatoms. The molecule has 2 N–H and O–H groups in total. The van der Waals surface area contributed by atoms with Crippen LogP contribution in [-0.4, -0.2) is 23.9 Å². The van der Waals surface area contributed by atoms with Gasteiger partial charge in [0.15, 0.2) is 0 Å². The van der Waals surface area contributed by atoms with E-state index in [2.05, 4.69) is 5.32 Å². The van der Waals surface area contributed by atoms with Crippen molar-refractivity contribution < 1.29 is 9.84 Å². The van der Waals surface area contributed by atoms with Crippen molar-refractivity contribution in [3.63, 3.8) is 0 Å². The lowest BCUT2D eigenvalue weighted by Crippen LogP contribution is -2.23. The first-order chi connectivity index (χ1) is 7.51. The van der Waals surface area contributed by atoms with E-state index in [0.717, 1.165) is 12.3 Å². The average Bonchev–Trinajstić information content (AvgIpc) is 2.19. The van der Waals surface area contributed by atoms with Gasteiger partial charge < -0.3 is 15.2 Å². The maximum atomic E-state index is 8.63. The molecule has 90 valence electrons. The molecular weight excluding hydrogens is 202 g/mol. The average molecular weight is 223 g/mol. The Morgan fingerprint density at radius 1 is 1.19 bits per heavy atom. The van der Waals surface area contributed by atoms with Gasteiger partial charge in [-0.1, -0.05) is 12.1 Å². The molecule has 16 heavy (non-hydrogen) atoms. The molecule has 3 nitrogen and oxygen atoms in total. The Kier molecular flexibility index (Phi) is 4.77. The van der Waals surface area contributed by atoms with Crippen LogP contribution in [0.15, 0.2) is 24.3 Å². The first kappa shape index (κ1) is 13.0. The van der Waals surface area contributed by atoms with Gasteiger partial charge in [-0.25, -0.2) is 0 Å². The fourth-order valence-electron chi connectivity index (χ4n) is 1.34. The summed E-state index contributed by atoms with van der Waals surface area (Å²) in [6, 6.07) is 8.01. The molecule has 0 bridgehead atoms. The molecule has 0 spiro atoms. The minimum Gasteiger partial charge on any atom is -0.488 e. The number of hydrogen-bond donors (Lipinski definition) is 2. The van der Waals surface area contributed by atoms with Crippen LogP contribution in [0, 0.1) is 0 Å². The first-order valence-electron chi connectivity index (χ1n) is 5.61. The zero-order valence-electron chi connectivity index (χ0n) is 10.3. The number of benzene rings is 1. The second-order valence-electron chi connectivity index (χ2n) is 4.76. The second kappa shape index (κ2) is 5.87. The predicted molar refractivity (Wildman–Crippen MR) is 65.6 cm³/mol. The van der Waals surface area contributed by atoms with E-state index in [1.54, 1.807) is 0 Å². The van der Waals surface area contributed by atoms with E-state index < -0.39 is 0 Å². The summed E-state index contributed by atoms with van der Waals surface area (Å²) < 4.78 is 5.72. The van der Waals surface area contributed by atoms with E-state index in [1.807, 2.05) is 45.0 Å². The highest BCUT2D eigenvalue weighted by molar-refractivity contribution is 5.27. The van der Waals surface area contributed by atoms with Gasteiger partial charge in [0.25, 0.3) is 0 Å². The standard InChI is InChI=1S/C13H21NO2/c1-13(2,3)16-12-6-4-11(5-7-12)10-14-8-9-15/h4-7,14-15H,8-10H2,1-3H3. The summed E-state index contributed by atoms with van der Waals surface area (Å²) in [6.07, 6.45) is 0. The van der Waals surface area contributed by atoms with Crippen molar-refractivity contribution in [3.05, 3.63) is 29.8 Å². The molecule has 0 aromatic heterocycles. The second-order valence-corrected chi connectivity index (χ2v) is 4.76. The van der Waals surface area contributed by atoms with Gasteiger partial charge in [-0.2, -0.15) is 0 Å². The van der Waals surface area contributed by atoms with Crippen molar-refractivity contribution in [3.8, 4) is 5.75 Å². The van der Waals surface area contributed by atoms with Gasteiger partial charge in [0, 0.05) is 13.1 Å². The summed E-state index contributed by atoms with van der Waals surface area (Å²) in [5.74, 6) is 0.887. The van der Waals surface area contributed by atoms with Crippen LogP contribution >= 0.6 is 0 Å². The number of ether oxygens (including phenoxy) is 1. The van der Waals surface area contributed by atoms with Gasteiger partial charge >= 0.3 is 0 Å². The number of nitrogens with one attached hydrogen (secondary N) is 1. The van der Waals surface area contributed by atoms with Gasteiger partial charge in [0.05, 0.1) is 6.61 Å². The lowest BCUT2D eigenvalue weighted by molar-refractivity contribution is 0.131. The van der Waals surface area contributed by atoms with Crippen molar-refractivity contribution in [1.82, 2.24) is 5.32 Å². The summed E-state index contributed by atoms with van der Waals surface area (Å²) in [6.45, 7) is 7.67. The molecule has 0 fully saturated rings. The Labute approximate surface area is 97.4 Å². The normalized spacial score (nSPS) is 11.5. The Morgan fingerprint density at radius 3 is 2.31 bits per heavy atom. The lowest BCUT2D eigenvalue weighted by atomic mass is 10.1. The number of rotatable bonds is 5. The summed E-state index contributed by atoms with van der Waals surface area (Å²) in [7, 11) is 0. The van der Waals surface area contributed by atoms with Crippen molar-refractivity contribution in [1.29, 1.82) is 0 Å². The SMILES string of the molecule is CC(C)(C)Oc1ccc(CNCCO)cc1.